The molecule has 0 aliphatic heterocycles. The van der Waals surface area contributed by atoms with Crippen molar-refractivity contribution >= 4 is 88.2 Å². The number of fused-ring (bicyclic) bond motifs is 3. The number of hydrogen-bond donors (Lipinski definition) is 4. The number of thiophene rings is 2. The van der Waals surface area contributed by atoms with Crippen molar-refractivity contribution in [1.29, 1.82) is 0 Å². The molecule has 8 heteroatoms. The zero-order valence-corrected chi connectivity index (χ0v) is 20.5. The van der Waals surface area contributed by atoms with Crippen molar-refractivity contribution in [2.75, 3.05) is 22.1 Å². The quantitative estimate of drug-likeness (QED) is 0.207. The largest absolute Gasteiger partial charge is 0.397 e. The van der Waals surface area contributed by atoms with Crippen molar-refractivity contribution in [3.05, 3.63) is 94.7 Å². The minimum absolute atomic E-state index is 0.283. The van der Waals surface area contributed by atoms with Crippen LogP contribution in [0.5, 0.6) is 0 Å². The van der Waals surface area contributed by atoms with Gasteiger partial charge in [0.15, 0.2) is 0 Å². The fourth-order valence-electron chi connectivity index (χ4n) is 4.37. The van der Waals surface area contributed by atoms with Gasteiger partial charge in [0.2, 0.25) is 0 Å². The summed E-state index contributed by atoms with van der Waals surface area (Å²) in [7, 11) is 0. The van der Waals surface area contributed by atoms with Crippen LogP contribution >= 0.6 is 22.7 Å². The smallest absolute Gasteiger partial charge is 0.267 e. The Morgan fingerprint density at radius 1 is 0.583 bits per heavy atom. The Morgan fingerprint density at radius 3 is 1.44 bits per heavy atom. The SMILES string of the molecule is Nc1c(C(=O)Nc2cccc3ccccc23)sc2sc(C(=O)Nc3cccc4ccccc34)c(N)c12. The first kappa shape index (κ1) is 22.1. The molecule has 0 aliphatic rings. The van der Waals surface area contributed by atoms with E-state index in [1.165, 1.54) is 22.7 Å². The molecule has 0 saturated heterocycles. The molecule has 0 saturated carbocycles. The Morgan fingerprint density at radius 2 is 1.00 bits per heavy atom. The van der Waals surface area contributed by atoms with Crippen LogP contribution in [-0.4, -0.2) is 11.8 Å². The van der Waals surface area contributed by atoms with Crippen molar-refractivity contribution in [2.24, 2.45) is 0 Å². The van der Waals surface area contributed by atoms with Gasteiger partial charge in [-0.3, -0.25) is 9.59 Å². The molecule has 6 nitrogen and oxygen atoms in total. The lowest BCUT2D eigenvalue weighted by atomic mass is 10.1. The number of anilines is 4. The summed E-state index contributed by atoms with van der Waals surface area (Å²) in [6, 6.07) is 27.2. The zero-order valence-electron chi connectivity index (χ0n) is 18.9. The average Bonchev–Trinajstić information content (AvgIpc) is 3.40. The number of carbonyl (C=O) groups excluding carboxylic acids is 2. The first-order valence-corrected chi connectivity index (χ1v) is 12.8. The van der Waals surface area contributed by atoms with Gasteiger partial charge in [-0.05, 0) is 22.9 Å². The molecule has 2 aromatic heterocycles. The van der Waals surface area contributed by atoms with Crippen LogP contribution in [0.1, 0.15) is 19.3 Å². The standard InChI is InChI=1S/C28H20N4O2S2/c29-22-21-23(30)25(27(34)32-20-14-6-10-16-8-2-4-12-18(16)20)36-28(21)35-24(22)26(33)31-19-13-5-9-15-7-1-3-11-17(15)19/h1-14H,29-30H2,(H,31,33)(H,32,34). The summed E-state index contributed by atoms with van der Waals surface area (Å²) >= 11 is 2.48. The first-order chi connectivity index (χ1) is 17.5. The molecule has 6 rings (SSSR count). The van der Waals surface area contributed by atoms with Crippen LogP contribution < -0.4 is 22.1 Å². The highest BCUT2D eigenvalue weighted by Gasteiger charge is 2.25. The third-order valence-electron chi connectivity index (χ3n) is 6.11. The van der Waals surface area contributed by atoms with Crippen LogP contribution in [0.15, 0.2) is 84.9 Å². The maximum absolute atomic E-state index is 13.1. The maximum atomic E-state index is 13.1. The Hall–Kier alpha value is -4.40. The van der Waals surface area contributed by atoms with Crippen LogP contribution in [0.4, 0.5) is 22.7 Å². The first-order valence-electron chi connectivity index (χ1n) is 11.2. The van der Waals surface area contributed by atoms with Gasteiger partial charge >= 0.3 is 0 Å². The molecular weight excluding hydrogens is 488 g/mol. The van der Waals surface area contributed by atoms with Crippen molar-refractivity contribution in [3.63, 3.8) is 0 Å². The van der Waals surface area contributed by atoms with Crippen LogP contribution in [-0.2, 0) is 0 Å². The number of nitrogen functional groups attached to an aromatic ring is 2. The van der Waals surface area contributed by atoms with E-state index in [0.717, 1.165) is 25.6 Å². The molecule has 0 spiro atoms. The molecular formula is C28H20N4O2S2. The second kappa shape index (κ2) is 8.67. The van der Waals surface area contributed by atoms with Gasteiger partial charge < -0.3 is 22.1 Å². The topological polar surface area (TPSA) is 110 Å². The number of carbonyl (C=O) groups is 2. The van der Waals surface area contributed by atoms with E-state index in [-0.39, 0.29) is 23.2 Å². The van der Waals surface area contributed by atoms with Gasteiger partial charge in [0.1, 0.15) is 9.75 Å². The lowest BCUT2D eigenvalue weighted by Gasteiger charge is -2.09. The monoisotopic (exact) mass is 508 g/mol. The van der Waals surface area contributed by atoms with Crippen LogP contribution in [0, 0.1) is 0 Å². The summed E-state index contributed by atoms with van der Waals surface area (Å²) in [6.07, 6.45) is 0. The van der Waals surface area contributed by atoms with E-state index in [1.54, 1.807) is 0 Å². The van der Waals surface area contributed by atoms with Gasteiger partial charge in [-0.25, -0.2) is 0 Å². The average molecular weight is 509 g/mol. The third kappa shape index (κ3) is 3.64. The summed E-state index contributed by atoms with van der Waals surface area (Å²) in [6.45, 7) is 0. The van der Waals surface area contributed by atoms with Crippen molar-refractivity contribution in [3.8, 4) is 0 Å². The maximum Gasteiger partial charge on any atom is 0.267 e. The van der Waals surface area contributed by atoms with Crippen molar-refractivity contribution in [2.45, 2.75) is 0 Å². The Balaban J connectivity index is 1.30. The van der Waals surface area contributed by atoms with Gasteiger partial charge in [0, 0.05) is 22.1 Å². The predicted molar refractivity (Wildman–Crippen MR) is 152 cm³/mol. The molecule has 0 unspecified atom stereocenters. The third-order valence-corrected chi connectivity index (χ3v) is 8.61. The number of nitrogens with two attached hydrogens (primary N) is 2. The lowest BCUT2D eigenvalue weighted by molar-refractivity contribution is 0.102. The summed E-state index contributed by atoms with van der Waals surface area (Å²) in [5.74, 6) is -0.614. The Bertz CT molecular complexity index is 1680. The van der Waals surface area contributed by atoms with E-state index >= 15 is 0 Å². The van der Waals surface area contributed by atoms with E-state index in [2.05, 4.69) is 10.6 Å². The zero-order chi connectivity index (χ0) is 24.8. The number of hydrogen-bond acceptors (Lipinski definition) is 6. The molecule has 2 heterocycles. The van der Waals surface area contributed by atoms with Crippen molar-refractivity contribution in [1.82, 2.24) is 0 Å². The Labute approximate surface area is 214 Å². The second-order valence-electron chi connectivity index (χ2n) is 8.31. The predicted octanol–water partition coefficient (Wildman–Crippen LogP) is 6.94. The molecule has 6 aromatic rings. The summed E-state index contributed by atoms with van der Waals surface area (Å²) in [5, 5.41) is 10.4. The lowest BCUT2D eigenvalue weighted by Crippen LogP contribution is -2.13. The molecule has 0 aliphatic carbocycles. The van der Waals surface area contributed by atoms with Gasteiger partial charge in [0.05, 0.1) is 20.8 Å². The van der Waals surface area contributed by atoms with E-state index in [4.69, 9.17) is 11.5 Å². The number of amides is 2. The molecule has 2 amide bonds. The Kier molecular flexibility index (Phi) is 5.32. The minimum Gasteiger partial charge on any atom is -0.397 e. The highest BCUT2D eigenvalue weighted by atomic mass is 32.2. The number of benzene rings is 4. The summed E-state index contributed by atoms with van der Waals surface area (Å²) in [4.78, 5) is 27.0. The van der Waals surface area contributed by atoms with Crippen LogP contribution in [0.2, 0.25) is 0 Å². The van der Waals surface area contributed by atoms with E-state index in [1.807, 2.05) is 84.9 Å². The molecule has 0 atom stereocenters. The molecule has 0 bridgehead atoms. The number of nitrogens with one attached hydrogen (secondary N) is 2. The molecule has 0 radical (unpaired) electrons. The van der Waals surface area contributed by atoms with Gasteiger partial charge in [0.25, 0.3) is 11.8 Å². The molecule has 176 valence electrons. The fraction of sp³-hybridized carbons (Fsp3) is 0. The molecule has 6 N–H and O–H groups in total. The fourth-order valence-corrected chi connectivity index (χ4v) is 6.77. The van der Waals surface area contributed by atoms with Crippen LogP contribution in [0.3, 0.4) is 0 Å². The van der Waals surface area contributed by atoms with Gasteiger partial charge in [-0.1, -0.05) is 72.8 Å². The molecule has 0 fully saturated rings. The van der Waals surface area contributed by atoms with E-state index in [9.17, 15) is 9.59 Å². The second-order valence-corrected chi connectivity index (χ2v) is 10.6. The molecule has 36 heavy (non-hydrogen) atoms. The van der Waals surface area contributed by atoms with Crippen molar-refractivity contribution < 1.29 is 9.59 Å². The highest BCUT2D eigenvalue weighted by Crippen LogP contribution is 2.45. The van der Waals surface area contributed by atoms with Crippen LogP contribution in [0.25, 0.3) is 30.9 Å². The van der Waals surface area contributed by atoms with Gasteiger partial charge in [-0.2, -0.15) is 0 Å². The van der Waals surface area contributed by atoms with E-state index < -0.39 is 0 Å². The van der Waals surface area contributed by atoms with E-state index in [0.29, 0.717) is 26.5 Å². The van der Waals surface area contributed by atoms with Gasteiger partial charge in [-0.15, -0.1) is 22.7 Å². The minimum atomic E-state index is -0.307. The normalized spacial score (nSPS) is 11.2. The molecule has 4 aromatic carbocycles. The summed E-state index contributed by atoms with van der Waals surface area (Å²) in [5.41, 5.74) is 14.8. The highest BCUT2D eigenvalue weighted by molar-refractivity contribution is 7.40. The number of rotatable bonds is 4. The summed E-state index contributed by atoms with van der Waals surface area (Å²) < 4.78 is 0.733.